The van der Waals surface area contributed by atoms with Gasteiger partial charge in [-0.05, 0) is 5.92 Å². The van der Waals surface area contributed by atoms with Gasteiger partial charge >= 0.3 is 0 Å². The first kappa shape index (κ1) is 11.0. The second-order valence-electron chi connectivity index (χ2n) is 3.67. The quantitative estimate of drug-likeness (QED) is 0.820. The van der Waals surface area contributed by atoms with Gasteiger partial charge in [-0.25, -0.2) is 15.0 Å². The molecule has 0 spiro atoms. The van der Waals surface area contributed by atoms with Gasteiger partial charge in [-0.3, -0.25) is 0 Å². The molecule has 0 radical (unpaired) electrons. The summed E-state index contributed by atoms with van der Waals surface area (Å²) in [6.07, 6.45) is 3.39. The van der Waals surface area contributed by atoms with Gasteiger partial charge in [0, 0.05) is 17.1 Å². The summed E-state index contributed by atoms with van der Waals surface area (Å²) in [6.45, 7) is 4.30. The largest absolute Gasteiger partial charge is 0.481 e. The lowest BCUT2D eigenvalue weighted by Crippen LogP contribution is -1.90. The molecule has 2 aromatic heterocycles. The molecule has 0 unspecified atom stereocenters. The summed E-state index contributed by atoms with van der Waals surface area (Å²) in [5.41, 5.74) is 0.809. The average Bonchev–Trinajstić information content (AvgIpc) is 2.78. The highest BCUT2D eigenvalue weighted by atomic mass is 32.1. The monoisotopic (exact) mass is 235 g/mol. The molecule has 84 valence electrons. The van der Waals surface area contributed by atoms with Gasteiger partial charge < -0.3 is 4.74 Å². The smallest absolute Gasteiger partial charge is 0.216 e. The Balaban J connectivity index is 2.34. The van der Waals surface area contributed by atoms with Crippen LogP contribution in [0, 0.1) is 0 Å². The van der Waals surface area contributed by atoms with Crippen molar-refractivity contribution < 1.29 is 4.74 Å². The number of ether oxygens (including phenoxy) is 1. The van der Waals surface area contributed by atoms with Gasteiger partial charge in [0.2, 0.25) is 5.88 Å². The van der Waals surface area contributed by atoms with Gasteiger partial charge in [0.25, 0.3) is 0 Å². The third-order valence-electron chi connectivity index (χ3n) is 2.16. The number of thiazole rings is 1. The van der Waals surface area contributed by atoms with Gasteiger partial charge in [0.15, 0.2) is 0 Å². The molecule has 16 heavy (non-hydrogen) atoms. The molecule has 0 atom stereocenters. The van der Waals surface area contributed by atoms with Gasteiger partial charge in [-0.2, -0.15) is 0 Å². The van der Waals surface area contributed by atoms with E-state index >= 15 is 0 Å². The van der Waals surface area contributed by atoms with Crippen molar-refractivity contribution in [1.29, 1.82) is 0 Å². The first-order valence-corrected chi connectivity index (χ1v) is 5.84. The van der Waals surface area contributed by atoms with E-state index in [2.05, 4.69) is 28.8 Å². The molecule has 0 saturated carbocycles. The predicted molar refractivity (Wildman–Crippen MR) is 63.8 cm³/mol. The van der Waals surface area contributed by atoms with Gasteiger partial charge in [-0.15, -0.1) is 11.3 Å². The maximum absolute atomic E-state index is 5.06. The lowest BCUT2D eigenvalue weighted by Gasteiger charge is -1.99. The number of methoxy groups -OCH3 is 1. The zero-order valence-corrected chi connectivity index (χ0v) is 10.3. The van der Waals surface area contributed by atoms with E-state index < -0.39 is 0 Å². The normalized spacial score (nSPS) is 10.8. The number of nitrogens with zero attached hydrogens (tertiary/aromatic N) is 3. The Morgan fingerprint density at radius 2 is 2.06 bits per heavy atom. The summed E-state index contributed by atoms with van der Waals surface area (Å²) in [4.78, 5) is 13.8. The SMILES string of the molecule is COc1cc(-c2ncc(C(C)C)s2)ncn1. The van der Waals surface area contributed by atoms with E-state index in [0.29, 0.717) is 11.8 Å². The van der Waals surface area contributed by atoms with Crippen LogP contribution in [0.5, 0.6) is 5.88 Å². The van der Waals surface area contributed by atoms with Gasteiger partial charge in [0.05, 0.1) is 7.11 Å². The summed E-state index contributed by atoms with van der Waals surface area (Å²) in [6, 6.07) is 1.79. The molecule has 0 saturated heterocycles. The van der Waals surface area contributed by atoms with E-state index in [1.54, 1.807) is 24.5 Å². The third-order valence-corrected chi connectivity index (χ3v) is 3.48. The van der Waals surface area contributed by atoms with Gasteiger partial charge in [0.1, 0.15) is 17.0 Å². The minimum absolute atomic E-state index is 0.495. The molecule has 5 heteroatoms. The third kappa shape index (κ3) is 2.19. The number of hydrogen-bond donors (Lipinski definition) is 0. The molecule has 0 bridgehead atoms. The number of hydrogen-bond acceptors (Lipinski definition) is 5. The molecular weight excluding hydrogens is 222 g/mol. The summed E-state index contributed by atoms with van der Waals surface area (Å²) in [5, 5.41) is 0.907. The van der Waals surface area contributed by atoms with Crippen molar-refractivity contribution in [2.45, 2.75) is 19.8 Å². The highest BCUT2D eigenvalue weighted by Crippen LogP contribution is 2.28. The lowest BCUT2D eigenvalue weighted by atomic mass is 10.2. The van der Waals surface area contributed by atoms with Crippen molar-refractivity contribution in [2.75, 3.05) is 7.11 Å². The van der Waals surface area contributed by atoms with Crippen LogP contribution < -0.4 is 4.74 Å². The maximum Gasteiger partial charge on any atom is 0.216 e. The summed E-state index contributed by atoms with van der Waals surface area (Å²) < 4.78 is 5.06. The van der Waals surface area contributed by atoms with Gasteiger partial charge in [-0.1, -0.05) is 13.8 Å². The first-order valence-electron chi connectivity index (χ1n) is 5.03. The standard InChI is InChI=1S/C11H13N3OS/c1-7(2)9-5-12-11(16-9)8-4-10(15-3)14-6-13-8/h4-7H,1-3H3. The van der Waals surface area contributed by atoms with Crippen LogP contribution >= 0.6 is 11.3 Å². The Labute approximate surface area is 98.4 Å². The molecule has 0 aliphatic carbocycles. The molecule has 0 N–H and O–H groups in total. The zero-order valence-electron chi connectivity index (χ0n) is 9.47. The highest BCUT2D eigenvalue weighted by molar-refractivity contribution is 7.15. The molecule has 0 fully saturated rings. The van der Waals surface area contributed by atoms with Crippen LogP contribution in [0.3, 0.4) is 0 Å². The van der Waals surface area contributed by atoms with Crippen LogP contribution in [0.4, 0.5) is 0 Å². The van der Waals surface area contributed by atoms with E-state index in [-0.39, 0.29) is 0 Å². The van der Waals surface area contributed by atoms with Crippen molar-refractivity contribution in [3.05, 3.63) is 23.5 Å². The molecule has 0 aromatic carbocycles. The van der Waals surface area contributed by atoms with Crippen molar-refractivity contribution >= 4 is 11.3 Å². The van der Waals surface area contributed by atoms with Crippen molar-refractivity contribution in [1.82, 2.24) is 15.0 Å². The fourth-order valence-electron chi connectivity index (χ4n) is 1.24. The molecule has 0 aliphatic rings. The topological polar surface area (TPSA) is 47.9 Å². The van der Waals surface area contributed by atoms with Crippen LogP contribution in [-0.4, -0.2) is 22.1 Å². The lowest BCUT2D eigenvalue weighted by molar-refractivity contribution is 0.397. The van der Waals surface area contributed by atoms with E-state index in [1.165, 1.54) is 11.2 Å². The van der Waals surface area contributed by atoms with Crippen LogP contribution in [0.1, 0.15) is 24.6 Å². The van der Waals surface area contributed by atoms with Crippen LogP contribution in [0.25, 0.3) is 10.7 Å². The molecule has 0 amide bonds. The maximum atomic E-state index is 5.06. The number of rotatable bonds is 3. The molecule has 2 aromatic rings. The Morgan fingerprint density at radius 3 is 2.69 bits per heavy atom. The van der Waals surface area contributed by atoms with Crippen LogP contribution in [-0.2, 0) is 0 Å². The van der Waals surface area contributed by atoms with E-state index in [0.717, 1.165) is 10.7 Å². The minimum Gasteiger partial charge on any atom is -0.481 e. The first-order chi connectivity index (χ1) is 7.70. The average molecular weight is 235 g/mol. The Morgan fingerprint density at radius 1 is 1.25 bits per heavy atom. The molecular formula is C11H13N3OS. The Bertz CT molecular complexity index is 482. The zero-order chi connectivity index (χ0) is 11.5. The second-order valence-corrected chi connectivity index (χ2v) is 4.73. The molecule has 2 rings (SSSR count). The fourth-order valence-corrected chi connectivity index (χ4v) is 2.13. The Hall–Kier alpha value is -1.49. The van der Waals surface area contributed by atoms with E-state index in [9.17, 15) is 0 Å². The van der Waals surface area contributed by atoms with Crippen LogP contribution in [0.2, 0.25) is 0 Å². The number of aromatic nitrogens is 3. The summed E-state index contributed by atoms with van der Waals surface area (Å²) >= 11 is 1.66. The Kier molecular flexibility index (Phi) is 3.14. The summed E-state index contributed by atoms with van der Waals surface area (Å²) in [5.74, 6) is 1.06. The van der Waals surface area contributed by atoms with Crippen molar-refractivity contribution in [3.63, 3.8) is 0 Å². The molecule has 4 nitrogen and oxygen atoms in total. The van der Waals surface area contributed by atoms with E-state index in [4.69, 9.17) is 4.74 Å². The molecule has 0 aliphatic heterocycles. The van der Waals surface area contributed by atoms with Crippen molar-refractivity contribution in [3.8, 4) is 16.6 Å². The fraction of sp³-hybridized carbons (Fsp3) is 0.364. The minimum atomic E-state index is 0.495. The van der Waals surface area contributed by atoms with Crippen molar-refractivity contribution in [2.24, 2.45) is 0 Å². The van der Waals surface area contributed by atoms with E-state index in [1.807, 2.05) is 6.20 Å². The molecule has 2 heterocycles. The highest BCUT2D eigenvalue weighted by Gasteiger charge is 2.09. The summed E-state index contributed by atoms with van der Waals surface area (Å²) in [7, 11) is 1.59. The predicted octanol–water partition coefficient (Wildman–Crippen LogP) is 2.73. The second kappa shape index (κ2) is 4.57. The van der Waals surface area contributed by atoms with Crippen LogP contribution in [0.15, 0.2) is 18.6 Å².